The van der Waals surface area contributed by atoms with E-state index in [1.807, 2.05) is 36.4 Å². The van der Waals surface area contributed by atoms with E-state index in [0.717, 1.165) is 28.9 Å². The SMILES string of the molecule is CCc1ccc(N2C(=O)CC(c3ccc(Cl)cc3)C3=C2CC(C)(C)CC3=O)cc1. The first-order valence-electron chi connectivity index (χ1n) is 10.2. The first-order chi connectivity index (χ1) is 13.8. The Labute approximate surface area is 177 Å². The number of carbonyl (C=O) groups is 2. The minimum Gasteiger partial charge on any atom is -0.294 e. The highest BCUT2D eigenvalue weighted by Crippen LogP contribution is 2.48. The lowest BCUT2D eigenvalue weighted by atomic mass is 9.69. The van der Waals surface area contributed by atoms with Gasteiger partial charge in [0.05, 0.1) is 0 Å². The van der Waals surface area contributed by atoms with Crippen molar-refractivity contribution < 1.29 is 9.59 Å². The van der Waals surface area contributed by atoms with Gasteiger partial charge in [-0.3, -0.25) is 14.5 Å². The van der Waals surface area contributed by atoms with Crippen LogP contribution in [0.3, 0.4) is 0 Å². The summed E-state index contributed by atoms with van der Waals surface area (Å²) in [4.78, 5) is 28.4. The Bertz CT molecular complexity index is 986. The van der Waals surface area contributed by atoms with Crippen LogP contribution < -0.4 is 4.90 Å². The van der Waals surface area contributed by atoms with E-state index < -0.39 is 0 Å². The van der Waals surface area contributed by atoms with Crippen LogP contribution in [0.2, 0.25) is 5.02 Å². The number of allylic oxidation sites excluding steroid dienone is 2. The molecule has 0 spiro atoms. The van der Waals surface area contributed by atoms with Crippen molar-refractivity contribution in [1.29, 1.82) is 0 Å². The lowest BCUT2D eigenvalue weighted by Crippen LogP contribution is -2.43. The fourth-order valence-corrected chi connectivity index (χ4v) is 4.70. The van der Waals surface area contributed by atoms with Crippen LogP contribution in [0, 0.1) is 5.41 Å². The zero-order valence-corrected chi connectivity index (χ0v) is 17.9. The smallest absolute Gasteiger partial charge is 0.232 e. The van der Waals surface area contributed by atoms with Gasteiger partial charge in [-0.2, -0.15) is 0 Å². The van der Waals surface area contributed by atoms with Crippen LogP contribution in [0.1, 0.15) is 57.1 Å². The van der Waals surface area contributed by atoms with E-state index in [4.69, 9.17) is 11.6 Å². The first kappa shape index (κ1) is 19.9. The van der Waals surface area contributed by atoms with E-state index in [0.29, 0.717) is 24.3 Å². The highest BCUT2D eigenvalue weighted by Gasteiger charge is 2.44. The predicted octanol–water partition coefficient (Wildman–Crippen LogP) is 6.07. The Hall–Kier alpha value is -2.39. The van der Waals surface area contributed by atoms with Gasteiger partial charge in [-0.25, -0.2) is 0 Å². The second-order valence-corrected chi connectivity index (χ2v) is 9.30. The molecule has 0 saturated carbocycles. The number of Topliss-reactive ketones (excluding diaryl/α,β-unsaturated/α-hetero) is 1. The number of carbonyl (C=O) groups excluding carboxylic acids is 2. The van der Waals surface area contributed by atoms with Crippen LogP contribution >= 0.6 is 11.6 Å². The van der Waals surface area contributed by atoms with Crippen LogP contribution in [0.25, 0.3) is 0 Å². The maximum atomic E-state index is 13.3. The molecule has 1 unspecified atom stereocenters. The second kappa shape index (κ2) is 7.46. The standard InChI is InChI=1S/C25H26ClNO2/c1-4-16-5-11-19(12-6-16)27-21-14-25(2,3)15-22(28)24(21)20(13-23(27)29)17-7-9-18(26)10-8-17/h5-12,20H,4,13-15H2,1-3H3. The number of aryl methyl sites for hydroxylation is 1. The van der Waals surface area contributed by atoms with Crippen molar-refractivity contribution in [3.05, 3.63) is 76.0 Å². The van der Waals surface area contributed by atoms with E-state index in [1.54, 1.807) is 4.90 Å². The Kier molecular flexibility index (Phi) is 5.12. The van der Waals surface area contributed by atoms with Crippen LogP contribution in [-0.4, -0.2) is 11.7 Å². The zero-order chi connectivity index (χ0) is 20.8. The summed E-state index contributed by atoms with van der Waals surface area (Å²) in [6, 6.07) is 15.6. The molecule has 0 radical (unpaired) electrons. The Morgan fingerprint density at radius 2 is 1.66 bits per heavy atom. The maximum Gasteiger partial charge on any atom is 0.232 e. The van der Waals surface area contributed by atoms with Crippen molar-refractivity contribution in [3.63, 3.8) is 0 Å². The topological polar surface area (TPSA) is 37.4 Å². The summed E-state index contributed by atoms with van der Waals surface area (Å²) < 4.78 is 0. The molecule has 1 atom stereocenters. The summed E-state index contributed by atoms with van der Waals surface area (Å²) in [5.41, 5.74) is 4.55. The van der Waals surface area contributed by atoms with Gasteiger partial charge < -0.3 is 0 Å². The van der Waals surface area contributed by atoms with Crippen molar-refractivity contribution in [2.75, 3.05) is 4.90 Å². The van der Waals surface area contributed by atoms with Gasteiger partial charge in [-0.05, 0) is 53.6 Å². The molecule has 1 aliphatic heterocycles. The number of halogens is 1. The third kappa shape index (κ3) is 3.76. The summed E-state index contributed by atoms with van der Waals surface area (Å²) in [6.45, 7) is 6.31. The minimum atomic E-state index is -0.204. The molecule has 0 aromatic heterocycles. The number of amides is 1. The Morgan fingerprint density at radius 3 is 2.28 bits per heavy atom. The quantitative estimate of drug-likeness (QED) is 0.619. The highest BCUT2D eigenvalue weighted by molar-refractivity contribution is 6.30. The lowest BCUT2D eigenvalue weighted by Gasteiger charge is -2.43. The number of hydrogen-bond donors (Lipinski definition) is 0. The zero-order valence-electron chi connectivity index (χ0n) is 17.2. The van der Waals surface area contributed by atoms with Gasteiger partial charge in [0.15, 0.2) is 5.78 Å². The van der Waals surface area contributed by atoms with E-state index in [-0.39, 0.29) is 23.0 Å². The Morgan fingerprint density at radius 1 is 1.00 bits per heavy atom. The number of hydrogen-bond acceptors (Lipinski definition) is 2. The van der Waals surface area contributed by atoms with Crippen molar-refractivity contribution in [2.45, 2.75) is 52.4 Å². The summed E-state index contributed by atoms with van der Waals surface area (Å²) >= 11 is 6.06. The van der Waals surface area contributed by atoms with Gasteiger partial charge in [0.2, 0.25) is 5.91 Å². The molecule has 0 saturated heterocycles. The fraction of sp³-hybridized carbons (Fsp3) is 0.360. The van der Waals surface area contributed by atoms with E-state index in [2.05, 4.69) is 32.9 Å². The summed E-state index contributed by atoms with van der Waals surface area (Å²) in [5.74, 6) is -0.0122. The molecule has 0 fully saturated rings. The molecule has 1 heterocycles. The van der Waals surface area contributed by atoms with Gasteiger partial charge in [0.25, 0.3) is 0 Å². The molecule has 0 bridgehead atoms. The van der Waals surface area contributed by atoms with Gasteiger partial charge >= 0.3 is 0 Å². The van der Waals surface area contributed by atoms with Gasteiger partial charge in [0.1, 0.15) is 0 Å². The number of ketones is 1. The average Bonchev–Trinajstić information content (AvgIpc) is 2.67. The van der Waals surface area contributed by atoms with E-state index >= 15 is 0 Å². The molecular weight excluding hydrogens is 382 g/mol. The molecular formula is C25H26ClNO2. The summed E-state index contributed by atoms with van der Waals surface area (Å²) in [7, 11) is 0. The largest absolute Gasteiger partial charge is 0.294 e. The van der Waals surface area contributed by atoms with Crippen LogP contribution in [0.15, 0.2) is 59.8 Å². The predicted molar refractivity (Wildman–Crippen MR) is 117 cm³/mol. The molecule has 1 amide bonds. The normalized spacial score (nSPS) is 21.4. The molecule has 2 aromatic rings. The molecule has 150 valence electrons. The number of nitrogens with zero attached hydrogens (tertiary/aromatic N) is 1. The van der Waals surface area contributed by atoms with E-state index in [1.165, 1.54) is 5.56 Å². The van der Waals surface area contributed by atoms with Crippen molar-refractivity contribution in [1.82, 2.24) is 0 Å². The van der Waals surface area contributed by atoms with Crippen LogP contribution in [0.5, 0.6) is 0 Å². The van der Waals surface area contributed by atoms with Gasteiger partial charge in [-0.1, -0.05) is 56.6 Å². The fourth-order valence-electron chi connectivity index (χ4n) is 4.58. The minimum absolute atomic E-state index is 0.0402. The van der Waals surface area contributed by atoms with Crippen LogP contribution in [0.4, 0.5) is 5.69 Å². The molecule has 29 heavy (non-hydrogen) atoms. The highest BCUT2D eigenvalue weighted by atomic mass is 35.5. The molecule has 1 aliphatic carbocycles. The maximum absolute atomic E-state index is 13.3. The summed E-state index contributed by atoms with van der Waals surface area (Å²) in [6.07, 6.45) is 2.46. The molecule has 0 N–H and O–H groups in total. The Balaban J connectivity index is 1.86. The van der Waals surface area contributed by atoms with Crippen molar-refractivity contribution >= 4 is 29.0 Å². The monoisotopic (exact) mass is 407 g/mol. The lowest BCUT2D eigenvalue weighted by molar-refractivity contribution is -0.121. The molecule has 2 aliphatic rings. The molecule has 3 nitrogen and oxygen atoms in total. The van der Waals surface area contributed by atoms with Crippen molar-refractivity contribution in [2.24, 2.45) is 5.41 Å². The van der Waals surface area contributed by atoms with Gasteiger partial charge in [0, 0.05) is 40.7 Å². The van der Waals surface area contributed by atoms with E-state index in [9.17, 15) is 9.59 Å². The third-order valence-corrected chi connectivity index (χ3v) is 6.27. The number of rotatable bonds is 3. The first-order valence-corrected chi connectivity index (χ1v) is 10.6. The van der Waals surface area contributed by atoms with Gasteiger partial charge in [-0.15, -0.1) is 0 Å². The molecule has 2 aromatic carbocycles. The average molecular weight is 408 g/mol. The molecule has 4 heteroatoms. The second-order valence-electron chi connectivity index (χ2n) is 8.86. The van der Waals surface area contributed by atoms with Crippen molar-refractivity contribution in [3.8, 4) is 0 Å². The summed E-state index contributed by atoms with van der Waals surface area (Å²) in [5, 5.41) is 0.652. The molecule has 4 rings (SSSR count). The third-order valence-electron chi connectivity index (χ3n) is 6.02. The number of anilines is 1. The number of benzene rings is 2. The van der Waals surface area contributed by atoms with Crippen LogP contribution in [-0.2, 0) is 16.0 Å².